The van der Waals surface area contributed by atoms with Crippen LogP contribution in [0, 0.1) is 10.1 Å². The van der Waals surface area contributed by atoms with Crippen molar-refractivity contribution in [1.29, 1.82) is 0 Å². The summed E-state index contributed by atoms with van der Waals surface area (Å²) in [6, 6.07) is -2.18. The van der Waals surface area contributed by atoms with E-state index >= 15 is 0 Å². The Labute approximate surface area is 91.8 Å². The maximum absolute atomic E-state index is 11.0. The topological polar surface area (TPSA) is 160 Å². The summed E-state index contributed by atoms with van der Waals surface area (Å²) in [5, 5.41) is 10.6. The highest BCUT2D eigenvalue weighted by Crippen LogP contribution is 2.02. The lowest BCUT2D eigenvalue weighted by Gasteiger charge is -2.11. The number of nitro groups is 1. The molecule has 0 saturated carbocycles. The zero-order chi connectivity index (χ0) is 12.7. The van der Waals surface area contributed by atoms with E-state index in [2.05, 4.69) is 9.73 Å². The molecule has 0 saturated heterocycles. The number of hydrogen-bond donors (Lipinski definition) is 3. The number of guanidine groups is 1. The summed E-state index contributed by atoms with van der Waals surface area (Å²) in [5.74, 6) is -0.963. The molecular formula is C7H15N5O4. The van der Waals surface area contributed by atoms with E-state index in [1.807, 2.05) is 0 Å². The van der Waals surface area contributed by atoms with E-state index in [0.717, 1.165) is 7.11 Å². The highest BCUT2D eigenvalue weighted by Gasteiger charge is 2.27. The minimum atomic E-state index is -1.11. The summed E-state index contributed by atoms with van der Waals surface area (Å²) >= 11 is 0. The Morgan fingerprint density at radius 1 is 1.56 bits per heavy atom. The van der Waals surface area contributed by atoms with Gasteiger partial charge in [0.15, 0.2) is 5.96 Å². The zero-order valence-electron chi connectivity index (χ0n) is 8.83. The van der Waals surface area contributed by atoms with Crippen molar-refractivity contribution in [2.24, 2.45) is 22.2 Å². The molecule has 2 atom stereocenters. The van der Waals surface area contributed by atoms with E-state index in [1.165, 1.54) is 0 Å². The minimum absolute atomic E-state index is 0.184. The van der Waals surface area contributed by atoms with Crippen molar-refractivity contribution in [1.82, 2.24) is 0 Å². The number of esters is 1. The number of nitrogens with two attached hydrogens (primary N) is 3. The summed E-state index contributed by atoms with van der Waals surface area (Å²) in [7, 11) is 1.15. The molecule has 16 heavy (non-hydrogen) atoms. The lowest BCUT2D eigenvalue weighted by Crippen LogP contribution is -2.39. The molecule has 0 radical (unpaired) electrons. The van der Waals surface area contributed by atoms with Gasteiger partial charge in [0.05, 0.1) is 7.11 Å². The molecule has 2 unspecified atom stereocenters. The second-order valence-corrected chi connectivity index (χ2v) is 3.07. The van der Waals surface area contributed by atoms with Crippen molar-refractivity contribution in [2.75, 3.05) is 13.7 Å². The third-order valence-corrected chi connectivity index (χ3v) is 1.81. The number of aliphatic imine (C=N–C) groups is 1. The first-order valence-electron chi connectivity index (χ1n) is 4.40. The summed E-state index contributed by atoms with van der Waals surface area (Å²) in [4.78, 5) is 24.5. The van der Waals surface area contributed by atoms with Crippen LogP contribution in [-0.2, 0) is 9.53 Å². The third-order valence-electron chi connectivity index (χ3n) is 1.81. The highest BCUT2D eigenvalue weighted by molar-refractivity contribution is 5.76. The van der Waals surface area contributed by atoms with Crippen LogP contribution >= 0.6 is 0 Å². The fourth-order valence-electron chi connectivity index (χ4n) is 0.979. The molecule has 0 rings (SSSR count). The van der Waals surface area contributed by atoms with E-state index in [-0.39, 0.29) is 18.9 Å². The summed E-state index contributed by atoms with van der Waals surface area (Å²) in [6.45, 7) is -0.222. The number of hydrogen-bond acceptors (Lipinski definition) is 6. The van der Waals surface area contributed by atoms with Crippen molar-refractivity contribution in [2.45, 2.75) is 18.5 Å². The number of methoxy groups -OCH3 is 1. The lowest BCUT2D eigenvalue weighted by atomic mass is 10.1. The predicted octanol–water partition coefficient (Wildman–Crippen LogP) is -2.20. The highest BCUT2D eigenvalue weighted by atomic mass is 16.6. The molecule has 6 N–H and O–H groups in total. The molecule has 92 valence electrons. The molecule has 0 aliphatic carbocycles. The van der Waals surface area contributed by atoms with E-state index < -0.39 is 23.0 Å². The molecule has 0 bridgehead atoms. The summed E-state index contributed by atoms with van der Waals surface area (Å²) in [6.07, 6.45) is -0.184. The Bertz CT molecular complexity index is 289. The van der Waals surface area contributed by atoms with Gasteiger partial charge in [-0.1, -0.05) is 0 Å². The van der Waals surface area contributed by atoms with Crippen LogP contribution in [0.4, 0.5) is 0 Å². The fourth-order valence-corrected chi connectivity index (χ4v) is 0.979. The van der Waals surface area contributed by atoms with Crippen LogP contribution in [0.5, 0.6) is 0 Å². The standard InChI is InChI=1S/C7H15N5O4/c1-16-6(13)5(8)2-4(12(14)15)3-11-7(9)10/h4-5H,2-3,8H2,1H3,(H4,9,10,11). The Kier molecular flexibility index (Phi) is 5.78. The third kappa shape index (κ3) is 5.10. The first-order chi connectivity index (χ1) is 7.38. The molecule has 0 spiro atoms. The normalized spacial score (nSPS) is 13.6. The maximum Gasteiger partial charge on any atom is 0.322 e. The molecule has 0 fully saturated rings. The van der Waals surface area contributed by atoms with Gasteiger partial charge in [-0.3, -0.25) is 14.9 Å². The van der Waals surface area contributed by atoms with Crippen molar-refractivity contribution in [3.8, 4) is 0 Å². The number of carbonyl (C=O) groups excluding carboxylic acids is 1. The monoisotopic (exact) mass is 233 g/mol. The molecule has 0 aliphatic rings. The Morgan fingerprint density at radius 3 is 2.50 bits per heavy atom. The first-order valence-corrected chi connectivity index (χ1v) is 4.40. The number of carbonyl (C=O) groups is 1. The molecule has 0 amide bonds. The van der Waals surface area contributed by atoms with Crippen LogP contribution in [0.2, 0.25) is 0 Å². The van der Waals surface area contributed by atoms with Crippen molar-refractivity contribution < 1.29 is 14.5 Å². The van der Waals surface area contributed by atoms with Crippen LogP contribution in [0.15, 0.2) is 4.99 Å². The number of ether oxygens (including phenoxy) is 1. The quantitative estimate of drug-likeness (QED) is 0.154. The zero-order valence-corrected chi connectivity index (χ0v) is 8.83. The van der Waals surface area contributed by atoms with Crippen molar-refractivity contribution >= 4 is 11.9 Å². The van der Waals surface area contributed by atoms with Gasteiger partial charge in [-0.2, -0.15) is 0 Å². The van der Waals surface area contributed by atoms with E-state index in [1.54, 1.807) is 0 Å². The van der Waals surface area contributed by atoms with Gasteiger partial charge in [-0.15, -0.1) is 0 Å². The Balaban J connectivity index is 4.40. The van der Waals surface area contributed by atoms with Crippen molar-refractivity contribution in [3.63, 3.8) is 0 Å². The van der Waals surface area contributed by atoms with Gasteiger partial charge < -0.3 is 21.9 Å². The van der Waals surface area contributed by atoms with Crippen LogP contribution in [0.1, 0.15) is 6.42 Å². The fraction of sp³-hybridized carbons (Fsp3) is 0.714. The smallest absolute Gasteiger partial charge is 0.322 e. The van der Waals surface area contributed by atoms with Crippen LogP contribution in [0.25, 0.3) is 0 Å². The molecule has 0 aliphatic heterocycles. The predicted molar refractivity (Wildman–Crippen MR) is 56.1 cm³/mol. The SMILES string of the molecule is COC(=O)C(N)CC(CN=C(N)N)[N+](=O)[O-]. The van der Waals surface area contributed by atoms with Crippen LogP contribution in [0.3, 0.4) is 0 Å². The average molecular weight is 233 g/mol. The first kappa shape index (κ1) is 14.1. The molecule has 0 aromatic carbocycles. The van der Waals surface area contributed by atoms with Gasteiger partial charge in [-0.05, 0) is 0 Å². The second-order valence-electron chi connectivity index (χ2n) is 3.07. The largest absolute Gasteiger partial charge is 0.468 e. The maximum atomic E-state index is 11.0. The van der Waals surface area contributed by atoms with Gasteiger partial charge in [0.1, 0.15) is 12.6 Å². The molecular weight excluding hydrogens is 218 g/mol. The minimum Gasteiger partial charge on any atom is -0.468 e. The van der Waals surface area contributed by atoms with Gasteiger partial charge in [0, 0.05) is 11.3 Å². The van der Waals surface area contributed by atoms with E-state index in [9.17, 15) is 14.9 Å². The van der Waals surface area contributed by atoms with E-state index in [4.69, 9.17) is 17.2 Å². The molecule has 0 aromatic heterocycles. The molecule has 0 heterocycles. The average Bonchev–Trinajstić information content (AvgIpc) is 2.21. The van der Waals surface area contributed by atoms with Crippen LogP contribution in [-0.4, -0.2) is 42.6 Å². The second kappa shape index (κ2) is 6.56. The van der Waals surface area contributed by atoms with Gasteiger partial charge in [0.2, 0.25) is 6.04 Å². The van der Waals surface area contributed by atoms with Gasteiger partial charge in [-0.25, -0.2) is 4.99 Å². The Hall–Kier alpha value is -1.90. The number of rotatable bonds is 6. The Morgan fingerprint density at radius 2 is 2.12 bits per heavy atom. The van der Waals surface area contributed by atoms with Crippen LogP contribution < -0.4 is 17.2 Å². The molecule has 0 aromatic rings. The number of nitrogens with zero attached hydrogens (tertiary/aromatic N) is 2. The summed E-state index contributed by atoms with van der Waals surface area (Å²) in [5.41, 5.74) is 15.5. The molecule has 9 heteroatoms. The van der Waals surface area contributed by atoms with E-state index in [0.29, 0.717) is 0 Å². The summed E-state index contributed by atoms with van der Waals surface area (Å²) < 4.78 is 4.35. The van der Waals surface area contributed by atoms with Crippen molar-refractivity contribution in [3.05, 3.63) is 10.1 Å². The molecule has 9 nitrogen and oxygen atoms in total. The van der Waals surface area contributed by atoms with Gasteiger partial charge in [0.25, 0.3) is 0 Å². The lowest BCUT2D eigenvalue weighted by molar-refractivity contribution is -0.520. The van der Waals surface area contributed by atoms with Gasteiger partial charge >= 0.3 is 5.97 Å².